The maximum absolute atomic E-state index is 12.3. The van der Waals surface area contributed by atoms with Gasteiger partial charge in [0.1, 0.15) is 11.5 Å². The van der Waals surface area contributed by atoms with E-state index in [1.807, 2.05) is 48.5 Å². The van der Waals surface area contributed by atoms with Gasteiger partial charge in [0.15, 0.2) is 0 Å². The molecule has 4 rings (SSSR count). The van der Waals surface area contributed by atoms with Gasteiger partial charge >= 0.3 is 0 Å². The van der Waals surface area contributed by atoms with E-state index < -0.39 is 0 Å². The van der Waals surface area contributed by atoms with E-state index >= 15 is 0 Å². The van der Waals surface area contributed by atoms with E-state index in [0.29, 0.717) is 6.42 Å². The lowest BCUT2D eigenvalue weighted by Gasteiger charge is -2.20. The van der Waals surface area contributed by atoms with Crippen LogP contribution in [0.4, 0.5) is 0 Å². The van der Waals surface area contributed by atoms with Crippen molar-refractivity contribution in [1.29, 1.82) is 0 Å². The molecular formula is C23H22N2O3. The van der Waals surface area contributed by atoms with Crippen molar-refractivity contribution in [3.8, 4) is 11.5 Å². The monoisotopic (exact) mass is 374 g/mol. The van der Waals surface area contributed by atoms with Crippen LogP contribution in [0.3, 0.4) is 0 Å². The number of rotatable bonds is 4. The van der Waals surface area contributed by atoms with E-state index in [1.165, 1.54) is 0 Å². The standard InChI is InChI=1S/C23H22N2O3/c1-15(26)25-21(17-8-6-9-18(13-17)27-2)14-20(24-25)23-19-10-5-4-7-16(19)11-12-22(23)28-3/h4-13,21H,14H2,1-3H3. The van der Waals surface area contributed by atoms with Gasteiger partial charge in [-0.2, -0.15) is 5.10 Å². The molecule has 3 aromatic rings. The Labute approximate surface area is 164 Å². The Hall–Kier alpha value is -3.34. The third-order valence-electron chi connectivity index (χ3n) is 5.11. The molecule has 1 aliphatic rings. The van der Waals surface area contributed by atoms with Crippen molar-refractivity contribution in [1.82, 2.24) is 5.01 Å². The van der Waals surface area contributed by atoms with Crippen LogP contribution in [0.5, 0.6) is 11.5 Å². The van der Waals surface area contributed by atoms with Crippen LogP contribution in [0.2, 0.25) is 0 Å². The quantitative estimate of drug-likeness (QED) is 0.673. The Balaban J connectivity index is 1.82. The fourth-order valence-corrected chi connectivity index (χ4v) is 3.78. The highest BCUT2D eigenvalue weighted by Crippen LogP contribution is 2.38. The summed E-state index contributed by atoms with van der Waals surface area (Å²) in [6.07, 6.45) is 0.608. The summed E-state index contributed by atoms with van der Waals surface area (Å²) in [5.74, 6) is 1.42. The largest absolute Gasteiger partial charge is 0.497 e. The first-order valence-corrected chi connectivity index (χ1v) is 9.19. The minimum Gasteiger partial charge on any atom is -0.497 e. The molecule has 0 N–H and O–H groups in total. The zero-order chi connectivity index (χ0) is 19.7. The van der Waals surface area contributed by atoms with Gasteiger partial charge in [-0.1, -0.05) is 42.5 Å². The highest BCUT2D eigenvalue weighted by atomic mass is 16.5. The molecule has 0 saturated carbocycles. The van der Waals surface area contributed by atoms with Gasteiger partial charge in [-0.05, 0) is 34.5 Å². The second-order valence-electron chi connectivity index (χ2n) is 6.77. The smallest absolute Gasteiger partial charge is 0.240 e. The zero-order valence-electron chi connectivity index (χ0n) is 16.2. The van der Waals surface area contributed by atoms with Crippen molar-refractivity contribution >= 4 is 22.4 Å². The molecule has 0 aromatic heterocycles. The molecule has 1 unspecified atom stereocenters. The van der Waals surface area contributed by atoms with Gasteiger partial charge in [0, 0.05) is 18.9 Å². The average molecular weight is 374 g/mol. The molecule has 1 atom stereocenters. The number of benzene rings is 3. The van der Waals surface area contributed by atoms with Crippen molar-refractivity contribution in [3.63, 3.8) is 0 Å². The molecule has 0 spiro atoms. The number of carbonyl (C=O) groups is 1. The van der Waals surface area contributed by atoms with E-state index in [2.05, 4.69) is 12.1 Å². The third kappa shape index (κ3) is 3.09. The Morgan fingerprint density at radius 2 is 1.86 bits per heavy atom. The van der Waals surface area contributed by atoms with Gasteiger partial charge in [-0.3, -0.25) is 4.79 Å². The third-order valence-corrected chi connectivity index (χ3v) is 5.11. The maximum atomic E-state index is 12.3. The SMILES string of the molecule is COc1cccc(C2CC(c3c(OC)ccc4ccccc34)=NN2C(C)=O)c1. The number of nitrogens with zero attached hydrogens (tertiary/aromatic N) is 2. The number of fused-ring (bicyclic) bond motifs is 1. The summed E-state index contributed by atoms with van der Waals surface area (Å²) in [6, 6.07) is 19.7. The first-order valence-electron chi connectivity index (χ1n) is 9.19. The van der Waals surface area contributed by atoms with Crippen molar-refractivity contribution in [2.24, 2.45) is 5.10 Å². The van der Waals surface area contributed by atoms with Crippen molar-refractivity contribution in [2.45, 2.75) is 19.4 Å². The molecule has 1 aliphatic heterocycles. The van der Waals surface area contributed by atoms with Crippen LogP contribution >= 0.6 is 0 Å². The molecule has 1 heterocycles. The number of methoxy groups -OCH3 is 2. The van der Waals surface area contributed by atoms with Crippen LogP contribution in [0.15, 0.2) is 65.8 Å². The summed E-state index contributed by atoms with van der Waals surface area (Å²) in [5.41, 5.74) is 2.78. The fraction of sp³-hybridized carbons (Fsp3) is 0.217. The molecule has 5 heteroatoms. The lowest BCUT2D eigenvalue weighted by molar-refractivity contribution is -0.130. The van der Waals surface area contributed by atoms with Crippen LogP contribution in [0, 0.1) is 0 Å². The Bertz CT molecular complexity index is 1070. The number of ether oxygens (including phenoxy) is 2. The maximum Gasteiger partial charge on any atom is 0.240 e. The van der Waals surface area contributed by atoms with Gasteiger partial charge in [-0.15, -0.1) is 0 Å². The molecule has 0 fully saturated rings. The Morgan fingerprint density at radius 3 is 2.61 bits per heavy atom. The number of amides is 1. The van der Waals surface area contributed by atoms with Gasteiger partial charge in [0.2, 0.25) is 5.91 Å². The summed E-state index contributed by atoms with van der Waals surface area (Å²) in [4.78, 5) is 12.3. The molecule has 5 nitrogen and oxygen atoms in total. The van der Waals surface area contributed by atoms with Gasteiger partial charge in [0.05, 0.1) is 26.0 Å². The van der Waals surface area contributed by atoms with Gasteiger partial charge in [-0.25, -0.2) is 5.01 Å². The summed E-state index contributed by atoms with van der Waals surface area (Å²) >= 11 is 0. The van der Waals surface area contributed by atoms with Crippen molar-refractivity contribution in [3.05, 3.63) is 71.8 Å². The van der Waals surface area contributed by atoms with Crippen LogP contribution in [-0.4, -0.2) is 30.8 Å². The number of hydrogen-bond acceptors (Lipinski definition) is 4. The highest BCUT2D eigenvalue weighted by Gasteiger charge is 2.33. The second-order valence-corrected chi connectivity index (χ2v) is 6.77. The summed E-state index contributed by atoms with van der Waals surface area (Å²) in [5, 5.41) is 8.45. The van der Waals surface area contributed by atoms with E-state index in [9.17, 15) is 4.79 Å². The topological polar surface area (TPSA) is 51.1 Å². The Morgan fingerprint density at radius 1 is 1.04 bits per heavy atom. The first kappa shape index (κ1) is 18.0. The van der Waals surface area contributed by atoms with E-state index in [1.54, 1.807) is 26.2 Å². The molecule has 1 amide bonds. The van der Waals surface area contributed by atoms with Crippen molar-refractivity contribution < 1.29 is 14.3 Å². The van der Waals surface area contributed by atoms with Crippen LogP contribution in [-0.2, 0) is 4.79 Å². The van der Waals surface area contributed by atoms with Crippen LogP contribution in [0.25, 0.3) is 10.8 Å². The fourth-order valence-electron chi connectivity index (χ4n) is 3.78. The predicted octanol–water partition coefficient (Wildman–Crippen LogP) is 4.55. The number of carbonyl (C=O) groups excluding carboxylic acids is 1. The normalized spacial score (nSPS) is 16.2. The molecule has 142 valence electrons. The van der Waals surface area contributed by atoms with Gasteiger partial charge < -0.3 is 9.47 Å². The molecule has 3 aromatic carbocycles. The molecule has 0 saturated heterocycles. The van der Waals surface area contributed by atoms with E-state index in [4.69, 9.17) is 14.6 Å². The molecule has 28 heavy (non-hydrogen) atoms. The average Bonchev–Trinajstić information content (AvgIpc) is 3.18. The summed E-state index contributed by atoms with van der Waals surface area (Å²) in [6.45, 7) is 1.54. The molecule has 0 bridgehead atoms. The zero-order valence-corrected chi connectivity index (χ0v) is 16.2. The molecular weight excluding hydrogens is 352 g/mol. The van der Waals surface area contributed by atoms with E-state index in [-0.39, 0.29) is 11.9 Å². The van der Waals surface area contributed by atoms with Crippen molar-refractivity contribution in [2.75, 3.05) is 14.2 Å². The second kappa shape index (κ2) is 7.35. The lowest BCUT2D eigenvalue weighted by atomic mass is 9.94. The van der Waals surface area contributed by atoms with Crippen LogP contribution < -0.4 is 9.47 Å². The molecule has 0 aliphatic carbocycles. The summed E-state index contributed by atoms with van der Waals surface area (Å²) < 4.78 is 11.0. The minimum atomic E-state index is -0.175. The molecule has 0 radical (unpaired) electrons. The van der Waals surface area contributed by atoms with Crippen LogP contribution in [0.1, 0.15) is 30.5 Å². The first-order chi connectivity index (χ1) is 13.6. The number of hydrogen-bond donors (Lipinski definition) is 0. The number of hydrazone groups is 1. The van der Waals surface area contributed by atoms with Gasteiger partial charge in [0.25, 0.3) is 0 Å². The summed E-state index contributed by atoms with van der Waals surface area (Å²) in [7, 11) is 3.30. The highest BCUT2D eigenvalue weighted by molar-refractivity contribution is 6.14. The predicted molar refractivity (Wildman–Crippen MR) is 110 cm³/mol. The lowest BCUT2D eigenvalue weighted by Crippen LogP contribution is -2.24. The Kier molecular flexibility index (Phi) is 4.74. The minimum absolute atomic E-state index is 0.0953. The van der Waals surface area contributed by atoms with E-state index in [0.717, 1.165) is 39.1 Å².